The summed E-state index contributed by atoms with van der Waals surface area (Å²) in [7, 11) is 3.79. The van der Waals surface area contributed by atoms with Crippen molar-refractivity contribution < 1.29 is 19.6 Å². The van der Waals surface area contributed by atoms with Crippen molar-refractivity contribution in [3.63, 3.8) is 0 Å². The Bertz CT molecular complexity index is 1400. The molecule has 0 aliphatic heterocycles. The number of nitro groups is 1. The summed E-state index contributed by atoms with van der Waals surface area (Å²) < 4.78 is 0. The van der Waals surface area contributed by atoms with E-state index in [2.05, 4.69) is 15.8 Å². The van der Waals surface area contributed by atoms with Crippen LogP contribution in [0.4, 0.5) is 11.4 Å². The van der Waals surface area contributed by atoms with Crippen LogP contribution in [0.2, 0.25) is 5.02 Å². The molecule has 3 rings (SSSR count). The molecule has 2 amide bonds. The highest BCUT2D eigenvalue weighted by Crippen LogP contribution is 2.26. The topological polar surface area (TPSA) is 137 Å². The SMILES string of the molecule is Cc1cc([N+](=O)[O-])cc(/C=N/NC(=O)C(=Cc2ccc(N(C)C)cc2)NC(=O)c2ccccc2Cl)c1O. The van der Waals surface area contributed by atoms with Crippen molar-refractivity contribution in [1.82, 2.24) is 10.7 Å². The van der Waals surface area contributed by atoms with Gasteiger partial charge in [-0.05, 0) is 48.4 Å². The van der Waals surface area contributed by atoms with Gasteiger partial charge in [0, 0.05) is 37.5 Å². The zero-order chi connectivity index (χ0) is 27.1. The third kappa shape index (κ3) is 6.92. The maximum Gasteiger partial charge on any atom is 0.287 e. The fraction of sp³-hybridized carbons (Fsp3) is 0.115. The minimum Gasteiger partial charge on any atom is -0.507 e. The molecule has 3 aromatic rings. The van der Waals surface area contributed by atoms with Crippen LogP contribution < -0.4 is 15.6 Å². The van der Waals surface area contributed by atoms with Crippen molar-refractivity contribution in [2.75, 3.05) is 19.0 Å². The predicted octanol–water partition coefficient (Wildman–Crippen LogP) is 4.25. The van der Waals surface area contributed by atoms with E-state index >= 15 is 0 Å². The van der Waals surface area contributed by atoms with Crippen molar-refractivity contribution in [3.8, 4) is 5.75 Å². The number of halogens is 1. The van der Waals surface area contributed by atoms with Crippen LogP contribution in [0.15, 0.2) is 71.5 Å². The second-order valence-corrected chi connectivity index (χ2v) is 8.54. The molecule has 11 heteroatoms. The van der Waals surface area contributed by atoms with Gasteiger partial charge in [-0.1, -0.05) is 35.9 Å². The van der Waals surface area contributed by atoms with Crippen LogP contribution >= 0.6 is 11.6 Å². The van der Waals surface area contributed by atoms with Crippen molar-refractivity contribution >= 4 is 47.1 Å². The fourth-order valence-corrected chi connectivity index (χ4v) is 3.46. The number of hydrogen-bond acceptors (Lipinski definition) is 7. The molecule has 3 N–H and O–H groups in total. The number of aryl methyl sites for hydroxylation is 1. The van der Waals surface area contributed by atoms with Crippen molar-refractivity contribution in [2.24, 2.45) is 5.10 Å². The van der Waals surface area contributed by atoms with Crippen LogP contribution in [0.25, 0.3) is 6.08 Å². The Hall–Kier alpha value is -4.70. The molecular weight excluding hydrogens is 498 g/mol. The number of benzene rings is 3. The number of aromatic hydroxyl groups is 1. The van der Waals surface area contributed by atoms with E-state index in [4.69, 9.17) is 11.6 Å². The van der Waals surface area contributed by atoms with E-state index in [1.807, 2.05) is 31.1 Å². The smallest absolute Gasteiger partial charge is 0.287 e. The summed E-state index contributed by atoms with van der Waals surface area (Å²) in [6.07, 6.45) is 2.54. The number of amides is 2. The van der Waals surface area contributed by atoms with Crippen LogP contribution in [0.5, 0.6) is 5.75 Å². The lowest BCUT2D eigenvalue weighted by Gasteiger charge is -2.13. The Labute approximate surface area is 218 Å². The number of nitro benzene ring substituents is 1. The van der Waals surface area contributed by atoms with Crippen LogP contribution in [-0.2, 0) is 4.79 Å². The number of non-ortho nitro benzene ring substituents is 1. The minimum atomic E-state index is -0.769. The van der Waals surface area contributed by atoms with Gasteiger partial charge in [0.15, 0.2) is 0 Å². The van der Waals surface area contributed by atoms with E-state index in [0.29, 0.717) is 5.56 Å². The lowest BCUT2D eigenvalue weighted by molar-refractivity contribution is -0.384. The number of anilines is 1. The number of carbonyl (C=O) groups excluding carboxylic acids is 2. The van der Waals surface area contributed by atoms with E-state index in [1.54, 1.807) is 30.3 Å². The van der Waals surface area contributed by atoms with Gasteiger partial charge in [-0.2, -0.15) is 5.10 Å². The predicted molar refractivity (Wildman–Crippen MR) is 143 cm³/mol. The number of phenols is 1. The third-order valence-corrected chi connectivity index (χ3v) is 5.56. The van der Waals surface area contributed by atoms with Gasteiger partial charge in [0.25, 0.3) is 17.5 Å². The number of carbonyl (C=O) groups is 2. The first kappa shape index (κ1) is 26.9. The van der Waals surface area contributed by atoms with E-state index in [9.17, 15) is 24.8 Å². The average molecular weight is 522 g/mol. The molecule has 0 saturated heterocycles. The van der Waals surface area contributed by atoms with Crippen LogP contribution in [0.3, 0.4) is 0 Å². The van der Waals surface area contributed by atoms with Gasteiger partial charge in [0.2, 0.25) is 0 Å². The molecule has 0 spiro atoms. The fourth-order valence-electron chi connectivity index (χ4n) is 3.24. The maximum atomic E-state index is 13.0. The average Bonchev–Trinajstić information content (AvgIpc) is 2.86. The first-order chi connectivity index (χ1) is 17.6. The van der Waals surface area contributed by atoms with E-state index in [-0.39, 0.29) is 38.8 Å². The van der Waals surface area contributed by atoms with Gasteiger partial charge in [0.1, 0.15) is 11.4 Å². The Morgan fingerprint density at radius 1 is 1.11 bits per heavy atom. The van der Waals surface area contributed by atoms with Crippen LogP contribution in [-0.4, -0.2) is 42.2 Å². The molecule has 3 aromatic carbocycles. The van der Waals surface area contributed by atoms with E-state index in [0.717, 1.165) is 18.0 Å². The Morgan fingerprint density at radius 2 is 1.78 bits per heavy atom. The molecule has 0 bridgehead atoms. The molecule has 0 atom stereocenters. The number of hydrazone groups is 1. The van der Waals surface area contributed by atoms with Gasteiger partial charge in [-0.25, -0.2) is 5.43 Å². The molecule has 0 unspecified atom stereocenters. The van der Waals surface area contributed by atoms with Gasteiger partial charge < -0.3 is 15.3 Å². The summed E-state index contributed by atoms with van der Waals surface area (Å²) in [6, 6.07) is 16.0. The van der Waals surface area contributed by atoms with Gasteiger partial charge in [-0.3, -0.25) is 19.7 Å². The highest BCUT2D eigenvalue weighted by molar-refractivity contribution is 6.34. The lowest BCUT2D eigenvalue weighted by atomic mass is 10.1. The van der Waals surface area contributed by atoms with Gasteiger partial charge in [0.05, 0.1) is 21.7 Å². The molecule has 10 nitrogen and oxygen atoms in total. The molecule has 190 valence electrons. The van der Waals surface area contributed by atoms with Crippen LogP contribution in [0.1, 0.15) is 27.0 Å². The normalized spacial score (nSPS) is 11.3. The first-order valence-corrected chi connectivity index (χ1v) is 11.3. The van der Waals surface area contributed by atoms with Crippen molar-refractivity contribution in [2.45, 2.75) is 6.92 Å². The second kappa shape index (κ2) is 11.8. The van der Waals surface area contributed by atoms with Gasteiger partial charge >= 0.3 is 0 Å². The molecule has 37 heavy (non-hydrogen) atoms. The molecular formula is C26H24ClN5O5. The number of hydrogen-bond donors (Lipinski definition) is 3. The van der Waals surface area contributed by atoms with E-state index in [1.165, 1.54) is 25.1 Å². The minimum absolute atomic E-state index is 0.0388. The number of nitrogens with zero attached hydrogens (tertiary/aromatic N) is 3. The summed E-state index contributed by atoms with van der Waals surface area (Å²) in [6.45, 7) is 1.50. The Morgan fingerprint density at radius 3 is 2.41 bits per heavy atom. The third-order valence-electron chi connectivity index (χ3n) is 5.23. The summed E-state index contributed by atoms with van der Waals surface area (Å²) in [5, 5.41) is 27.9. The quantitative estimate of drug-likeness (QED) is 0.175. The number of rotatable bonds is 8. The zero-order valence-electron chi connectivity index (χ0n) is 20.2. The van der Waals surface area contributed by atoms with E-state index < -0.39 is 16.7 Å². The number of nitrogens with one attached hydrogen (secondary N) is 2. The molecule has 0 fully saturated rings. The van der Waals surface area contributed by atoms with Crippen molar-refractivity contribution in [1.29, 1.82) is 0 Å². The highest BCUT2D eigenvalue weighted by atomic mass is 35.5. The molecule has 0 aliphatic rings. The second-order valence-electron chi connectivity index (χ2n) is 8.13. The zero-order valence-corrected chi connectivity index (χ0v) is 21.0. The lowest BCUT2D eigenvalue weighted by Crippen LogP contribution is -2.33. The molecule has 0 aromatic heterocycles. The molecule has 0 heterocycles. The highest BCUT2D eigenvalue weighted by Gasteiger charge is 2.17. The number of phenolic OH excluding ortho intramolecular Hbond substituents is 1. The van der Waals surface area contributed by atoms with Crippen LogP contribution in [0, 0.1) is 17.0 Å². The Kier molecular flexibility index (Phi) is 8.59. The standard InChI is InChI=1S/C26H24ClN5O5/c1-16-12-20(32(36)37)14-18(24(16)33)15-28-30-26(35)23(13-17-8-10-19(11-9-17)31(2)3)29-25(34)21-6-4-5-7-22(21)27/h4-15,33H,1-3H3,(H,29,34)(H,30,35)/b23-13?,28-15+. The summed E-state index contributed by atoms with van der Waals surface area (Å²) in [5.74, 6) is -1.59. The summed E-state index contributed by atoms with van der Waals surface area (Å²) >= 11 is 6.12. The maximum absolute atomic E-state index is 13.0. The summed E-state index contributed by atoms with van der Waals surface area (Å²) in [5.41, 5.74) is 3.97. The largest absolute Gasteiger partial charge is 0.507 e. The van der Waals surface area contributed by atoms with Crippen molar-refractivity contribution in [3.05, 3.63) is 104 Å². The monoisotopic (exact) mass is 521 g/mol. The van der Waals surface area contributed by atoms with Gasteiger partial charge in [-0.15, -0.1) is 0 Å². The first-order valence-electron chi connectivity index (χ1n) is 10.9. The molecule has 0 saturated carbocycles. The summed E-state index contributed by atoms with van der Waals surface area (Å²) in [4.78, 5) is 38.2. The molecule has 0 radical (unpaired) electrons. The Balaban J connectivity index is 1.89. The molecule has 0 aliphatic carbocycles.